The van der Waals surface area contributed by atoms with Crippen molar-refractivity contribution in [1.29, 1.82) is 0 Å². The fourth-order valence-corrected chi connectivity index (χ4v) is 6.25. The van der Waals surface area contributed by atoms with Crippen molar-refractivity contribution >= 4 is 17.9 Å². The molecular formula is C24H32O5. The van der Waals surface area contributed by atoms with Gasteiger partial charge in [0.2, 0.25) is 0 Å². The van der Waals surface area contributed by atoms with Gasteiger partial charge < -0.3 is 9.84 Å². The maximum absolute atomic E-state index is 12.0. The molecule has 1 heterocycles. The first-order chi connectivity index (χ1) is 13.5. The van der Waals surface area contributed by atoms with Crippen molar-refractivity contribution in [2.24, 2.45) is 28.1 Å². The second-order valence-electron chi connectivity index (χ2n) is 9.77. The average Bonchev–Trinajstić information content (AvgIpc) is 3.04. The van der Waals surface area contributed by atoms with E-state index in [1.165, 1.54) is 12.8 Å². The van der Waals surface area contributed by atoms with Gasteiger partial charge in [0.25, 0.3) is 0 Å². The molecule has 1 N–H and O–H groups in total. The Kier molecular flexibility index (Phi) is 5.63. The van der Waals surface area contributed by atoms with E-state index in [1.54, 1.807) is 5.57 Å². The van der Waals surface area contributed by atoms with Crippen LogP contribution in [0.5, 0.6) is 0 Å². The van der Waals surface area contributed by atoms with E-state index in [0.717, 1.165) is 44.3 Å². The van der Waals surface area contributed by atoms with E-state index in [2.05, 4.69) is 37.3 Å². The van der Waals surface area contributed by atoms with Crippen LogP contribution < -0.4 is 0 Å². The summed E-state index contributed by atoms with van der Waals surface area (Å²) in [6.07, 6.45) is 14.3. The highest BCUT2D eigenvalue weighted by Gasteiger charge is 2.58. The molecule has 5 nitrogen and oxygen atoms in total. The highest BCUT2D eigenvalue weighted by molar-refractivity contribution is 6.04. The molecule has 2 fully saturated rings. The number of carbonyl (C=O) groups excluding carboxylic acids is 2. The zero-order valence-corrected chi connectivity index (χ0v) is 17.7. The van der Waals surface area contributed by atoms with Crippen molar-refractivity contribution in [2.75, 3.05) is 0 Å². The van der Waals surface area contributed by atoms with Crippen molar-refractivity contribution in [3.05, 3.63) is 36.5 Å². The quantitative estimate of drug-likeness (QED) is 0.408. The molecule has 0 aromatic heterocycles. The molecule has 5 atom stereocenters. The van der Waals surface area contributed by atoms with Gasteiger partial charge in [-0.3, -0.25) is 4.79 Å². The number of aliphatic carboxylic acids is 1. The molecule has 0 radical (unpaired) electrons. The lowest BCUT2D eigenvalue weighted by atomic mass is 9.45. The van der Waals surface area contributed by atoms with E-state index < -0.39 is 23.3 Å². The SMILES string of the molecule is C=C[C@@]1(C)C=C2CCC3[C@](C)(C(=O)O)CCC[C@]3(C)[C@H]2CC1.O=C1C=CC(=O)O1. The fourth-order valence-electron chi connectivity index (χ4n) is 6.25. The van der Waals surface area contributed by atoms with E-state index in [1.807, 2.05) is 6.92 Å². The molecule has 1 aliphatic heterocycles. The van der Waals surface area contributed by atoms with Gasteiger partial charge >= 0.3 is 17.9 Å². The molecule has 5 heteroatoms. The third kappa shape index (κ3) is 3.84. The topological polar surface area (TPSA) is 80.7 Å². The van der Waals surface area contributed by atoms with Crippen molar-refractivity contribution in [1.82, 2.24) is 0 Å². The molecule has 0 spiro atoms. The number of carboxylic acids is 1. The van der Waals surface area contributed by atoms with Crippen LogP contribution in [0.1, 0.15) is 65.7 Å². The largest absolute Gasteiger partial charge is 0.481 e. The van der Waals surface area contributed by atoms with Gasteiger partial charge in [-0.1, -0.05) is 38.0 Å². The Balaban J connectivity index is 0.000000290. The van der Waals surface area contributed by atoms with Gasteiger partial charge in [-0.05, 0) is 62.7 Å². The number of cyclic esters (lactones) is 2. The van der Waals surface area contributed by atoms with E-state index in [4.69, 9.17) is 0 Å². The maximum Gasteiger partial charge on any atom is 0.338 e. The molecule has 4 rings (SSSR count). The zero-order chi connectivity index (χ0) is 21.4. The molecule has 0 saturated heterocycles. The van der Waals surface area contributed by atoms with Crippen LogP contribution in [-0.2, 0) is 19.1 Å². The molecule has 0 amide bonds. The highest BCUT2D eigenvalue weighted by Crippen LogP contribution is 2.63. The summed E-state index contributed by atoms with van der Waals surface area (Å²) in [5, 5.41) is 9.84. The van der Waals surface area contributed by atoms with Gasteiger partial charge in [-0.2, -0.15) is 0 Å². The summed E-state index contributed by atoms with van der Waals surface area (Å²) in [4.78, 5) is 31.8. The number of hydrogen-bond donors (Lipinski definition) is 1. The van der Waals surface area contributed by atoms with E-state index in [-0.39, 0.29) is 10.8 Å². The van der Waals surface area contributed by atoms with Crippen molar-refractivity contribution in [3.63, 3.8) is 0 Å². The van der Waals surface area contributed by atoms with Gasteiger partial charge in [-0.25, -0.2) is 9.59 Å². The zero-order valence-electron chi connectivity index (χ0n) is 17.7. The van der Waals surface area contributed by atoms with Crippen LogP contribution in [0, 0.1) is 28.1 Å². The van der Waals surface area contributed by atoms with Crippen LogP contribution in [0.15, 0.2) is 36.5 Å². The number of esters is 2. The molecule has 2 saturated carbocycles. The van der Waals surface area contributed by atoms with Crippen molar-refractivity contribution in [2.45, 2.75) is 65.7 Å². The number of hydrogen-bond acceptors (Lipinski definition) is 4. The minimum absolute atomic E-state index is 0.139. The summed E-state index contributed by atoms with van der Waals surface area (Å²) < 4.78 is 3.97. The summed E-state index contributed by atoms with van der Waals surface area (Å²) in [6, 6.07) is 0. The lowest BCUT2D eigenvalue weighted by molar-refractivity contribution is -0.164. The number of carbonyl (C=O) groups is 3. The number of rotatable bonds is 2. The molecule has 3 aliphatic carbocycles. The Morgan fingerprint density at radius 1 is 1.14 bits per heavy atom. The smallest absolute Gasteiger partial charge is 0.338 e. The third-order valence-corrected chi connectivity index (χ3v) is 7.94. The van der Waals surface area contributed by atoms with E-state index >= 15 is 0 Å². The summed E-state index contributed by atoms with van der Waals surface area (Å²) in [7, 11) is 0. The Labute approximate surface area is 172 Å². The predicted molar refractivity (Wildman–Crippen MR) is 110 cm³/mol. The first-order valence-corrected chi connectivity index (χ1v) is 10.6. The Hall–Kier alpha value is -2.17. The van der Waals surface area contributed by atoms with Crippen LogP contribution in [0.25, 0.3) is 0 Å². The van der Waals surface area contributed by atoms with Crippen LogP contribution >= 0.6 is 0 Å². The van der Waals surface area contributed by atoms with Gasteiger partial charge in [0.05, 0.1) is 5.41 Å². The van der Waals surface area contributed by atoms with Crippen LogP contribution in [0.3, 0.4) is 0 Å². The predicted octanol–water partition coefficient (Wildman–Crippen LogP) is 4.83. The number of ether oxygens (including phenoxy) is 1. The second kappa shape index (κ2) is 7.58. The number of allylic oxidation sites excluding steroid dienone is 3. The summed E-state index contributed by atoms with van der Waals surface area (Å²) >= 11 is 0. The average molecular weight is 401 g/mol. The maximum atomic E-state index is 12.0. The minimum atomic E-state index is -0.581. The summed E-state index contributed by atoms with van der Waals surface area (Å²) in [5.41, 5.74) is 1.36. The standard InChI is InChI=1S/C20H30O2.C4H2O3/c1-5-18(2)12-9-15-14(13-18)7-8-16-19(15,3)10-6-11-20(16,4)17(21)22;5-3-1-2-4(6)7-3/h5,13,15-16H,1,6-12H2,2-4H3,(H,21,22);1-2H/t15-,16?,18+,19+,20+;/m0./s1. The minimum Gasteiger partial charge on any atom is -0.481 e. The van der Waals surface area contributed by atoms with Crippen molar-refractivity contribution < 1.29 is 24.2 Å². The number of carboxylic acid groups (broad SMARTS) is 1. The molecule has 0 aromatic rings. The van der Waals surface area contributed by atoms with Gasteiger partial charge in [0.15, 0.2) is 0 Å². The van der Waals surface area contributed by atoms with Crippen LogP contribution in [-0.4, -0.2) is 23.0 Å². The lowest BCUT2D eigenvalue weighted by Crippen LogP contribution is -2.54. The first-order valence-electron chi connectivity index (χ1n) is 10.6. The Bertz CT molecular complexity index is 777. The van der Waals surface area contributed by atoms with Crippen LogP contribution in [0.2, 0.25) is 0 Å². The molecule has 1 unspecified atom stereocenters. The van der Waals surface area contributed by atoms with Gasteiger partial charge in [-0.15, -0.1) is 6.58 Å². The normalized spacial score (nSPS) is 40.6. The van der Waals surface area contributed by atoms with E-state index in [9.17, 15) is 19.5 Å². The Morgan fingerprint density at radius 2 is 1.79 bits per heavy atom. The fraction of sp³-hybridized carbons (Fsp3) is 0.625. The molecule has 0 aromatic carbocycles. The molecular weight excluding hydrogens is 368 g/mol. The van der Waals surface area contributed by atoms with Crippen LogP contribution in [0.4, 0.5) is 0 Å². The molecule has 29 heavy (non-hydrogen) atoms. The van der Waals surface area contributed by atoms with Crippen molar-refractivity contribution in [3.8, 4) is 0 Å². The highest BCUT2D eigenvalue weighted by atomic mass is 16.6. The van der Waals surface area contributed by atoms with Gasteiger partial charge in [0, 0.05) is 17.6 Å². The molecule has 0 bridgehead atoms. The first kappa shape index (κ1) is 21.5. The second-order valence-corrected chi connectivity index (χ2v) is 9.77. The Morgan fingerprint density at radius 3 is 2.31 bits per heavy atom. The molecule has 158 valence electrons. The summed E-state index contributed by atoms with van der Waals surface area (Å²) in [5.74, 6) is -0.836. The summed E-state index contributed by atoms with van der Waals surface area (Å²) in [6.45, 7) is 10.7. The monoisotopic (exact) mass is 400 g/mol. The lowest BCUT2D eigenvalue weighted by Gasteiger charge is -2.59. The molecule has 4 aliphatic rings. The van der Waals surface area contributed by atoms with E-state index in [0.29, 0.717) is 11.8 Å². The van der Waals surface area contributed by atoms with Gasteiger partial charge in [0.1, 0.15) is 0 Å². The number of fused-ring (bicyclic) bond motifs is 3. The third-order valence-electron chi connectivity index (χ3n) is 7.94.